The second-order valence-corrected chi connectivity index (χ2v) is 6.79. The Hall–Kier alpha value is -2.65. The fourth-order valence-electron chi connectivity index (χ4n) is 3.26. The Kier molecular flexibility index (Phi) is 6.03. The van der Waals surface area contributed by atoms with Crippen LogP contribution in [0.5, 0.6) is 0 Å². The zero-order chi connectivity index (χ0) is 18.4. The van der Waals surface area contributed by atoms with E-state index in [4.69, 9.17) is 5.11 Å². The van der Waals surface area contributed by atoms with Gasteiger partial charge in [-0.1, -0.05) is 60.2 Å². The molecule has 1 heterocycles. The van der Waals surface area contributed by atoms with E-state index in [9.17, 15) is 4.79 Å². The van der Waals surface area contributed by atoms with Gasteiger partial charge < -0.3 is 5.11 Å². The van der Waals surface area contributed by atoms with E-state index in [0.717, 1.165) is 17.7 Å². The van der Waals surface area contributed by atoms with Crippen LogP contribution in [-0.2, 0) is 4.79 Å². The lowest BCUT2D eigenvalue weighted by Crippen LogP contribution is -2.19. The lowest BCUT2D eigenvalue weighted by atomic mass is 9.96. The number of aliphatic carboxylic acids is 1. The maximum absolute atomic E-state index is 10.7. The number of carboxylic acid groups (broad SMARTS) is 1. The maximum Gasteiger partial charge on any atom is 0.328 e. The molecule has 0 aliphatic carbocycles. The third-order valence-corrected chi connectivity index (χ3v) is 4.75. The highest BCUT2D eigenvalue weighted by Gasteiger charge is 2.11. The minimum Gasteiger partial charge on any atom is -0.478 e. The van der Waals surface area contributed by atoms with Gasteiger partial charge in [-0.15, -0.1) is 0 Å². The zero-order valence-electron chi connectivity index (χ0n) is 15.2. The molecule has 26 heavy (non-hydrogen) atoms. The van der Waals surface area contributed by atoms with E-state index in [2.05, 4.69) is 54.3 Å². The van der Waals surface area contributed by atoms with Crippen molar-refractivity contribution in [2.75, 3.05) is 19.6 Å². The van der Waals surface area contributed by atoms with Gasteiger partial charge in [0, 0.05) is 12.6 Å². The van der Waals surface area contributed by atoms with Crippen LogP contribution in [0.4, 0.5) is 0 Å². The predicted octanol–water partition coefficient (Wildman–Crippen LogP) is 4.62. The van der Waals surface area contributed by atoms with Gasteiger partial charge >= 0.3 is 5.97 Å². The molecule has 134 valence electrons. The molecule has 0 amide bonds. The number of likely N-dealkylation sites (tertiary alicyclic amines) is 1. The van der Waals surface area contributed by atoms with Gasteiger partial charge in [-0.2, -0.15) is 0 Å². The monoisotopic (exact) mass is 347 g/mol. The topological polar surface area (TPSA) is 40.5 Å². The van der Waals surface area contributed by atoms with E-state index in [1.165, 1.54) is 48.7 Å². The van der Waals surface area contributed by atoms with Crippen LogP contribution >= 0.6 is 0 Å². The third-order valence-electron chi connectivity index (χ3n) is 4.75. The molecule has 1 fully saturated rings. The molecule has 1 N–H and O–H groups in total. The Balaban J connectivity index is 1.87. The summed E-state index contributed by atoms with van der Waals surface area (Å²) in [6.45, 7) is 5.41. The molecular weight excluding hydrogens is 322 g/mol. The Bertz CT molecular complexity index is 795. The maximum atomic E-state index is 10.7. The molecule has 1 aliphatic heterocycles. The minimum atomic E-state index is -0.931. The first kappa shape index (κ1) is 18.2. The predicted molar refractivity (Wildman–Crippen MR) is 107 cm³/mol. The molecular formula is C23H25NO2. The van der Waals surface area contributed by atoms with Crippen LogP contribution in [0.2, 0.25) is 0 Å². The molecule has 2 aromatic rings. The van der Waals surface area contributed by atoms with Crippen molar-refractivity contribution in [3.63, 3.8) is 0 Å². The van der Waals surface area contributed by atoms with Gasteiger partial charge in [0.2, 0.25) is 0 Å². The lowest BCUT2D eigenvalue weighted by molar-refractivity contribution is -0.131. The smallest absolute Gasteiger partial charge is 0.328 e. The Morgan fingerprint density at radius 1 is 1.00 bits per heavy atom. The second kappa shape index (κ2) is 8.63. The van der Waals surface area contributed by atoms with Crippen LogP contribution < -0.4 is 0 Å². The zero-order valence-corrected chi connectivity index (χ0v) is 15.2. The number of benzene rings is 2. The molecule has 0 saturated carbocycles. The van der Waals surface area contributed by atoms with Crippen LogP contribution in [0, 0.1) is 6.92 Å². The molecule has 0 unspecified atom stereocenters. The summed E-state index contributed by atoms with van der Waals surface area (Å²) < 4.78 is 0. The molecule has 1 saturated heterocycles. The molecule has 3 heteroatoms. The highest BCUT2D eigenvalue weighted by molar-refractivity contribution is 5.85. The molecule has 3 rings (SSSR count). The standard InChI is InChI=1S/C23H25NO2/c1-18-4-9-20(10-5-18)22(14-17-24-15-2-3-16-24)21-11-6-19(7-12-21)8-13-23(25)26/h4-14H,2-3,15-17H2,1H3,(H,25,26)/b13-8+,22-14+. The second-order valence-electron chi connectivity index (χ2n) is 6.79. The molecule has 0 bridgehead atoms. The number of carboxylic acids is 1. The number of carbonyl (C=O) groups is 1. The first-order valence-corrected chi connectivity index (χ1v) is 9.13. The summed E-state index contributed by atoms with van der Waals surface area (Å²) in [6, 6.07) is 16.7. The average Bonchev–Trinajstić information content (AvgIpc) is 3.16. The number of rotatable bonds is 6. The number of aryl methyl sites for hydroxylation is 1. The molecule has 1 aliphatic rings. The molecule has 2 aromatic carbocycles. The van der Waals surface area contributed by atoms with Crippen molar-refractivity contribution >= 4 is 17.6 Å². The van der Waals surface area contributed by atoms with Gasteiger partial charge in [0.05, 0.1) is 0 Å². The van der Waals surface area contributed by atoms with Crippen molar-refractivity contribution in [2.45, 2.75) is 19.8 Å². The van der Waals surface area contributed by atoms with Crippen molar-refractivity contribution in [1.82, 2.24) is 4.90 Å². The van der Waals surface area contributed by atoms with Crippen LogP contribution in [0.1, 0.15) is 35.1 Å². The summed E-state index contributed by atoms with van der Waals surface area (Å²) in [5.74, 6) is -0.931. The summed E-state index contributed by atoms with van der Waals surface area (Å²) in [6.07, 6.45) is 7.68. The quantitative estimate of drug-likeness (QED) is 0.775. The van der Waals surface area contributed by atoms with E-state index < -0.39 is 5.97 Å². The Morgan fingerprint density at radius 2 is 1.58 bits per heavy atom. The summed E-state index contributed by atoms with van der Waals surface area (Å²) in [7, 11) is 0. The average molecular weight is 347 g/mol. The van der Waals surface area contributed by atoms with Gasteiger partial charge in [0.15, 0.2) is 0 Å². The van der Waals surface area contributed by atoms with Gasteiger partial charge in [0.1, 0.15) is 0 Å². The summed E-state index contributed by atoms with van der Waals surface area (Å²) >= 11 is 0. The fraction of sp³-hybridized carbons (Fsp3) is 0.261. The normalized spacial score (nSPS) is 15.7. The van der Waals surface area contributed by atoms with E-state index in [0.29, 0.717) is 0 Å². The molecule has 0 aromatic heterocycles. The van der Waals surface area contributed by atoms with Gasteiger partial charge in [-0.25, -0.2) is 4.79 Å². The van der Waals surface area contributed by atoms with Crippen molar-refractivity contribution < 1.29 is 9.90 Å². The number of nitrogens with zero attached hydrogens (tertiary/aromatic N) is 1. The molecule has 0 spiro atoms. The minimum absolute atomic E-state index is 0.888. The summed E-state index contributed by atoms with van der Waals surface area (Å²) in [5.41, 5.74) is 5.73. The first-order chi connectivity index (χ1) is 12.6. The van der Waals surface area contributed by atoms with Crippen LogP contribution in [0.3, 0.4) is 0 Å². The van der Waals surface area contributed by atoms with Crippen molar-refractivity contribution in [3.8, 4) is 0 Å². The third kappa shape index (κ3) is 4.93. The van der Waals surface area contributed by atoms with Crippen LogP contribution in [0.15, 0.2) is 60.7 Å². The van der Waals surface area contributed by atoms with Crippen molar-refractivity contribution in [2.24, 2.45) is 0 Å². The molecule has 0 atom stereocenters. The largest absolute Gasteiger partial charge is 0.478 e. The summed E-state index contributed by atoms with van der Waals surface area (Å²) in [4.78, 5) is 13.2. The van der Waals surface area contributed by atoms with Gasteiger partial charge in [-0.05, 0) is 61.2 Å². The summed E-state index contributed by atoms with van der Waals surface area (Å²) in [5, 5.41) is 8.76. The van der Waals surface area contributed by atoms with Crippen molar-refractivity contribution in [1.29, 1.82) is 0 Å². The van der Waals surface area contributed by atoms with E-state index in [1.807, 2.05) is 12.1 Å². The Labute approximate surface area is 155 Å². The number of hydrogen-bond donors (Lipinski definition) is 1. The van der Waals surface area contributed by atoms with E-state index in [1.54, 1.807) is 6.08 Å². The van der Waals surface area contributed by atoms with Crippen LogP contribution in [-0.4, -0.2) is 35.6 Å². The highest BCUT2D eigenvalue weighted by atomic mass is 16.4. The SMILES string of the molecule is Cc1ccc(/C(=C\CN2CCCC2)c2ccc(/C=C/C(=O)O)cc2)cc1. The lowest BCUT2D eigenvalue weighted by Gasteiger charge is -2.15. The van der Waals surface area contributed by atoms with Crippen molar-refractivity contribution in [3.05, 3.63) is 82.9 Å². The Morgan fingerprint density at radius 3 is 2.15 bits per heavy atom. The van der Waals surface area contributed by atoms with Gasteiger partial charge in [-0.3, -0.25) is 4.90 Å². The molecule has 0 radical (unpaired) electrons. The fourth-order valence-corrected chi connectivity index (χ4v) is 3.26. The van der Waals surface area contributed by atoms with E-state index >= 15 is 0 Å². The van der Waals surface area contributed by atoms with E-state index in [-0.39, 0.29) is 0 Å². The highest BCUT2D eigenvalue weighted by Crippen LogP contribution is 2.25. The van der Waals surface area contributed by atoms with Gasteiger partial charge in [0.25, 0.3) is 0 Å². The first-order valence-electron chi connectivity index (χ1n) is 9.13. The van der Waals surface area contributed by atoms with Crippen LogP contribution in [0.25, 0.3) is 11.6 Å². The molecule has 3 nitrogen and oxygen atoms in total. The number of hydrogen-bond acceptors (Lipinski definition) is 2.